The molecule has 0 unspecified atom stereocenters. The van der Waals surface area contributed by atoms with E-state index in [-0.39, 0.29) is 5.91 Å². The average Bonchev–Trinajstić information content (AvgIpc) is 2.78. The molecular weight excluding hydrogens is 260 g/mol. The van der Waals surface area contributed by atoms with Gasteiger partial charge in [-0.25, -0.2) is 9.97 Å². The van der Waals surface area contributed by atoms with Gasteiger partial charge in [-0.05, 0) is 30.3 Å². The minimum Gasteiger partial charge on any atom is -0.375 e. The fourth-order valence-corrected chi connectivity index (χ4v) is 2.48. The predicted octanol–water partition coefficient (Wildman–Crippen LogP) is 2.53. The van der Waals surface area contributed by atoms with E-state index in [1.165, 1.54) is 11.3 Å². The SMILES string of the molecule is Nc1nc2ccc(C(=O)Nc3ccccn3)cc2s1. The zero-order chi connectivity index (χ0) is 13.2. The van der Waals surface area contributed by atoms with Crippen molar-refractivity contribution in [3.8, 4) is 0 Å². The van der Waals surface area contributed by atoms with Crippen LogP contribution < -0.4 is 11.1 Å². The first-order chi connectivity index (χ1) is 9.22. The molecule has 0 aliphatic carbocycles. The molecule has 3 rings (SSSR count). The van der Waals surface area contributed by atoms with E-state index in [1.807, 2.05) is 6.07 Å². The summed E-state index contributed by atoms with van der Waals surface area (Å²) >= 11 is 1.36. The molecule has 94 valence electrons. The highest BCUT2D eigenvalue weighted by Gasteiger charge is 2.09. The van der Waals surface area contributed by atoms with Crippen molar-refractivity contribution in [2.75, 3.05) is 11.1 Å². The normalized spacial score (nSPS) is 10.5. The molecule has 19 heavy (non-hydrogen) atoms. The maximum absolute atomic E-state index is 12.1. The van der Waals surface area contributed by atoms with Gasteiger partial charge in [0, 0.05) is 11.8 Å². The summed E-state index contributed by atoms with van der Waals surface area (Å²) in [4.78, 5) is 20.3. The van der Waals surface area contributed by atoms with Crippen molar-refractivity contribution in [3.05, 3.63) is 48.2 Å². The third-order valence-corrected chi connectivity index (χ3v) is 3.42. The van der Waals surface area contributed by atoms with Crippen LogP contribution in [0.5, 0.6) is 0 Å². The number of carbonyl (C=O) groups is 1. The summed E-state index contributed by atoms with van der Waals surface area (Å²) in [7, 11) is 0. The number of fused-ring (bicyclic) bond motifs is 1. The van der Waals surface area contributed by atoms with E-state index in [0.29, 0.717) is 16.5 Å². The van der Waals surface area contributed by atoms with E-state index >= 15 is 0 Å². The molecule has 0 radical (unpaired) electrons. The molecule has 5 nitrogen and oxygen atoms in total. The summed E-state index contributed by atoms with van der Waals surface area (Å²) in [5.41, 5.74) is 7.00. The smallest absolute Gasteiger partial charge is 0.256 e. The summed E-state index contributed by atoms with van der Waals surface area (Å²) in [5, 5.41) is 3.23. The zero-order valence-corrected chi connectivity index (χ0v) is 10.6. The summed E-state index contributed by atoms with van der Waals surface area (Å²) < 4.78 is 0.895. The summed E-state index contributed by atoms with van der Waals surface area (Å²) in [5.74, 6) is 0.323. The van der Waals surface area contributed by atoms with Gasteiger partial charge in [-0.2, -0.15) is 0 Å². The van der Waals surface area contributed by atoms with Crippen molar-refractivity contribution in [2.45, 2.75) is 0 Å². The molecule has 0 saturated carbocycles. The first-order valence-electron chi connectivity index (χ1n) is 5.61. The standard InChI is InChI=1S/C13H10N4OS/c14-13-16-9-5-4-8(7-10(9)19-13)12(18)17-11-3-1-2-6-15-11/h1-7H,(H2,14,16)(H,15,17,18). The number of thiazole rings is 1. The summed E-state index contributed by atoms with van der Waals surface area (Å²) in [6.07, 6.45) is 1.63. The second-order valence-corrected chi connectivity index (χ2v) is 4.97. The van der Waals surface area contributed by atoms with Crippen LogP contribution in [0.2, 0.25) is 0 Å². The Hall–Kier alpha value is -2.47. The molecule has 0 aliphatic heterocycles. The molecule has 2 aromatic heterocycles. The van der Waals surface area contributed by atoms with Gasteiger partial charge in [0.2, 0.25) is 0 Å². The van der Waals surface area contributed by atoms with Crippen LogP contribution >= 0.6 is 11.3 Å². The minimum atomic E-state index is -0.201. The van der Waals surface area contributed by atoms with Crippen LogP contribution in [0.25, 0.3) is 10.2 Å². The molecular formula is C13H10N4OS. The van der Waals surface area contributed by atoms with Crippen molar-refractivity contribution in [1.82, 2.24) is 9.97 Å². The predicted molar refractivity (Wildman–Crippen MR) is 76.2 cm³/mol. The minimum absolute atomic E-state index is 0.201. The fourth-order valence-electron chi connectivity index (χ4n) is 1.71. The number of benzene rings is 1. The number of hydrogen-bond donors (Lipinski definition) is 2. The molecule has 0 atom stereocenters. The van der Waals surface area contributed by atoms with Gasteiger partial charge >= 0.3 is 0 Å². The Morgan fingerprint density at radius 2 is 2.16 bits per heavy atom. The van der Waals surface area contributed by atoms with Gasteiger partial charge < -0.3 is 11.1 Å². The van der Waals surface area contributed by atoms with Crippen molar-refractivity contribution >= 4 is 38.4 Å². The Kier molecular flexibility index (Phi) is 2.85. The molecule has 0 saturated heterocycles. The molecule has 0 bridgehead atoms. The van der Waals surface area contributed by atoms with E-state index < -0.39 is 0 Å². The maximum Gasteiger partial charge on any atom is 0.256 e. The molecule has 6 heteroatoms. The first kappa shape index (κ1) is 11.6. The number of aromatic nitrogens is 2. The molecule has 1 amide bonds. The van der Waals surface area contributed by atoms with Crippen LogP contribution in [0.3, 0.4) is 0 Å². The molecule has 2 heterocycles. The van der Waals surface area contributed by atoms with Crippen LogP contribution in [0.1, 0.15) is 10.4 Å². The van der Waals surface area contributed by atoms with Gasteiger partial charge in [-0.15, -0.1) is 0 Å². The third kappa shape index (κ3) is 2.38. The molecule has 0 aliphatic rings. The lowest BCUT2D eigenvalue weighted by atomic mass is 10.2. The second kappa shape index (κ2) is 4.66. The number of nitrogens with zero attached hydrogens (tertiary/aromatic N) is 2. The van der Waals surface area contributed by atoms with E-state index in [0.717, 1.165) is 10.2 Å². The van der Waals surface area contributed by atoms with Crippen LogP contribution in [-0.4, -0.2) is 15.9 Å². The van der Waals surface area contributed by atoms with Gasteiger partial charge in [0.1, 0.15) is 5.82 Å². The number of pyridine rings is 1. The molecule has 3 N–H and O–H groups in total. The Bertz CT molecular complexity index is 739. The largest absolute Gasteiger partial charge is 0.375 e. The lowest BCUT2D eigenvalue weighted by Gasteiger charge is -2.03. The number of amides is 1. The third-order valence-electron chi connectivity index (χ3n) is 2.57. The van der Waals surface area contributed by atoms with Crippen LogP contribution in [0.15, 0.2) is 42.6 Å². The van der Waals surface area contributed by atoms with Crippen molar-refractivity contribution < 1.29 is 4.79 Å². The monoisotopic (exact) mass is 270 g/mol. The number of carbonyl (C=O) groups excluding carboxylic acids is 1. The summed E-state index contributed by atoms with van der Waals surface area (Å²) in [6, 6.07) is 10.6. The fraction of sp³-hybridized carbons (Fsp3) is 0. The van der Waals surface area contributed by atoms with Crippen molar-refractivity contribution in [1.29, 1.82) is 0 Å². The molecule has 3 aromatic rings. The van der Waals surface area contributed by atoms with E-state index in [9.17, 15) is 4.79 Å². The van der Waals surface area contributed by atoms with E-state index in [1.54, 1.807) is 36.5 Å². The lowest BCUT2D eigenvalue weighted by Crippen LogP contribution is -2.12. The maximum atomic E-state index is 12.1. The van der Waals surface area contributed by atoms with Crippen LogP contribution in [0.4, 0.5) is 10.9 Å². The van der Waals surface area contributed by atoms with Gasteiger partial charge in [0.05, 0.1) is 10.2 Å². The number of nitrogens with one attached hydrogen (secondary N) is 1. The van der Waals surface area contributed by atoms with Crippen molar-refractivity contribution in [3.63, 3.8) is 0 Å². The van der Waals surface area contributed by atoms with Crippen LogP contribution in [0, 0.1) is 0 Å². The average molecular weight is 270 g/mol. The quantitative estimate of drug-likeness (QED) is 0.749. The number of hydrogen-bond acceptors (Lipinski definition) is 5. The number of nitrogen functional groups attached to an aromatic ring is 1. The Balaban J connectivity index is 1.89. The second-order valence-electron chi connectivity index (χ2n) is 3.90. The number of nitrogens with two attached hydrogens (primary N) is 1. The molecule has 0 spiro atoms. The highest BCUT2D eigenvalue weighted by atomic mass is 32.1. The van der Waals surface area contributed by atoms with Crippen LogP contribution in [-0.2, 0) is 0 Å². The Labute approximate surface area is 113 Å². The highest BCUT2D eigenvalue weighted by molar-refractivity contribution is 7.22. The number of rotatable bonds is 2. The molecule has 1 aromatic carbocycles. The molecule has 0 fully saturated rings. The number of anilines is 2. The van der Waals surface area contributed by atoms with Gasteiger partial charge in [0.15, 0.2) is 5.13 Å². The van der Waals surface area contributed by atoms with E-state index in [4.69, 9.17) is 5.73 Å². The Morgan fingerprint density at radius 1 is 1.26 bits per heavy atom. The highest BCUT2D eigenvalue weighted by Crippen LogP contribution is 2.24. The van der Waals surface area contributed by atoms with E-state index in [2.05, 4.69) is 15.3 Å². The summed E-state index contributed by atoms with van der Waals surface area (Å²) in [6.45, 7) is 0. The Morgan fingerprint density at radius 3 is 2.95 bits per heavy atom. The van der Waals surface area contributed by atoms with Gasteiger partial charge in [0.25, 0.3) is 5.91 Å². The zero-order valence-electron chi connectivity index (χ0n) is 9.83. The topological polar surface area (TPSA) is 80.9 Å². The van der Waals surface area contributed by atoms with Crippen molar-refractivity contribution in [2.24, 2.45) is 0 Å². The first-order valence-corrected chi connectivity index (χ1v) is 6.42. The van der Waals surface area contributed by atoms with Gasteiger partial charge in [-0.3, -0.25) is 4.79 Å². The van der Waals surface area contributed by atoms with Gasteiger partial charge in [-0.1, -0.05) is 17.4 Å². The lowest BCUT2D eigenvalue weighted by molar-refractivity contribution is 0.102.